The van der Waals surface area contributed by atoms with Gasteiger partial charge in [0.2, 0.25) is 0 Å². The van der Waals surface area contributed by atoms with Gasteiger partial charge in [0.25, 0.3) is 0 Å². The highest BCUT2D eigenvalue weighted by atomic mass is 16.4. The lowest BCUT2D eigenvalue weighted by molar-refractivity contribution is -0.139. The predicted molar refractivity (Wildman–Crippen MR) is 68.0 cm³/mol. The maximum absolute atomic E-state index is 10.9. The number of nitrogens with zero attached hydrogens (tertiary/aromatic N) is 1. The van der Waals surface area contributed by atoms with E-state index in [1.54, 1.807) is 0 Å². The zero-order valence-corrected chi connectivity index (χ0v) is 10.9. The average Bonchev–Trinajstić information content (AvgIpc) is 3.12. The Hall–Kier alpha value is -0.570. The number of carboxylic acids is 1. The van der Waals surface area contributed by atoms with Crippen LogP contribution in [0.1, 0.15) is 58.3 Å². The second kappa shape index (κ2) is 5.85. The lowest BCUT2D eigenvalue weighted by Gasteiger charge is -2.29. The summed E-state index contributed by atoms with van der Waals surface area (Å²) in [6.07, 6.45) is 10.0. The molecule has 2 saturated carbocycles. The van der Waals surface area contributed by atoms with Crippen molar-refractivity contribution in [1.29, 1.82) is 0 Å². The summed E-state index contributed by atoms with van der Waals surface area (Å²) in [5.74, 6) is 0.221. The summed E-state index contributed by atoms with van der Waals surface area (Å²) in [6.45, 7) is 2.53. The van der Waals surface area contributed by atoms with Crippen molar-refractivity contribution in [3.05, 3.63) is 0 Å². The van der Waals surface area contributed by atoms with Crippen molar-refractivity contribution in [1.82, 2.24) is 4.90 Å². The van der Waals surface area contributed by atoms with E-state index in [-0.39, 0.29) is 6.54 Å². The SMILES string of the molecule is CCC1CCCC(N(CC(=O)O)C2CC2)CC1. The summed E-state index contributed by atoms with van der Waals surface area (Å²) >= 11 is 0. The minimum absolute atomic E-state index is 0.256. The Morgan fingerprint density at radius 3 is 2.35 bits per heavy atom. The predicted octanol–water partition coefficient (Wildman–Crippen LogP) is 2.89. The Morgan fingerprint density at radius 2 is 1.76 bits per heavy atom. The smallest absolute Gasteiger partial charge is 0.317 e. The van der Waals surface area contributed by atoms with E-state index in [1.807, 2.05) is 0 Å². The fraction of sp³-hybridized carbons (Fsp3) is 0.929. The number of hydrogen-bond donors (Lipinski definition) is 1. The molecule has 0 aromatic carbocycles. The van der Waals surface area contributed by atoms with Crippen LogP contribution in [0, 0.1) is 5.92 Å². The van der Waals surface area contributed by atoms with Crippen LogP contribution in [0.25, 0.3) is 0 Å². The molecule has 0 aromatic heterocycles. The lowest BCUT2D eigenvalue weighted by Crippen LogP contribution is -2.40. The molecule has 2 fully saturated rings. The largest absolute Gasteiger partial charge is 0.480 e. The minimum atomic E-state index is -0.659. The first-order valence-electron chi connectivity index (χ1n) is 7.18. The molecular weight excluding hydrogens is 214 g/mol. The van der Waals surface area contributed by atoms with Crippen molar-refractivity contribution in [2.45, 2.75) is 70.4 Å². The monoisotopic (exact) mass is 239 g/mol. The number of aliphatic carboxylic acids is 1. The third kappa shape index (κ3) is 3.70. The quantitative estimate of drug-likeness (QED) is 0.750. The fourth-order valence-corrected chi connectivity index (χ4v) is 3.22. The van der Waals surface area contributed by atoms with Crippen molar-refractivity contribution >= 4 is 5.97 Å². The lowest BCUT2D eigenvalue weighted by atomic mass is 9.97. The van der Waals surface area contributed by atoms with Crippen LogP contribution < -0.4 is 0 Å². The second-order valence-electron chi connectivity index (χ2n) is 5.73. The van der Waals surface area contributed by atoms with Gasteiger partial charge >= 0.3 is 5.97 Å². The highest BCUT2D eigenvalue weighted by Crippen LogP contribution is 2.34. The van der Waals surface area contributed by atoms with E-state index in [0.29, 0.717) is 12.1 Å². The van der Waals surface area contributed by atoms with Gasteiger partial charge in [-0.15, -0.1) is 0 Å². The molecule has 98 valence electrons. The van der Waals surface area contributed by atoms with E-state index >= 15 is 0 Å². The average molecular weight is 239 g/mol. The number of carboxylic acid groups (broad SMARTS) is 1. The highest BCUT2D eigenvalue weighted by molar-refractivity contribution is 5.69. The minimum Gasteiger partial charge on any atom is -0.480 e. The number of rotatable bonds is 5. The topological polar surface area (TPSA) is 40.5 Å². The standard InChI is InChI=1S/C14H25NO2/c1-2-11-4-3-5-12(7-6-11)15(10-14(16)17)13-8-9-13/h11-13H,2-10H2,1H3,(H,16,17). The molecule has 2 unspecified atom stereocenters. The molecule has 0 heterocycles. The molecule has 0 amide bonds. The van der Waals surface area contributed by atoms with Crippen molar-refractivity contribution < 1.29 is 9.90 Å². The van der Waals surface area contributed by atoms with Gasteiger partial charge in [-0.3, -0.25) is 9.69 Å². The van der Waals surface area contributed by atoms with Crippen molar-refractivity contribution in [3.63, 3.8) is 0 Å². The van der Waals surface area contributed by atoms with E-state index in [2.05, 4.69) is 11.8 Å². The Bertz CT molecular complexity index is 263. The van der Waals surface area contributed by atoms with Crippen molar-refractivity contribution in [3.8, 4) is 0 Å². The number of carbonyl (C=O) groups is 1. The molecule has 0 bridgehead atoms. The van der Waals surface area contributed by atoms with Crippen LogP contribution in [0.2, 0.25) is 0 Å². The van der Waals surface area contributed by atoms with Crippen LogP contribution in [-0.2, 0) is 4.79 Å². The van der Waals surface area contributed by atoms with Crippen molar-refractivity contribution in [2.75, 3.05) is 6.54 Å². The summed E-state index contributed by atoms with van der Waals surface area (Å²) < 4.78 is 0. The van der Waals surface area contributed by atoms with Crippen LogP contribution >= 0.6 is 0 Å². The summed E-state index contributed by atoms with van der Waals surface area (Å²) in [7, 11) is 0. The molecule has 0 aliphatic heterocycles. The van der Waals surface area contributed by atoms with Gasteiger partial charge in [0.1, 0.15) is 0 Å². The molecule has 1 N–H and O–H groups in total. The summed E-state index contributed by atoms with van der Waals surface area (Å²) in [5.41, 5.74) is 0. The third-order valence-corrected chi connectivity index (χ3v) is 4.44. The van der Waals surface area contributed by atoms with Crippen molar-refractivity contribution in [2.24, 2.45) is 5.92 Å². The van der Waals surface area contributed by atoms with E-state index in [9.17, 15) is 4.79 Å². The Labute approximate surface area is 104 Å². The summed E-state index contributed by atoms with van der Waals surface area (Å²) in [6, 6.07) is 1.12. The van der Waals surface area contributed by atoms with E-state index in [0.717, 1.165) is 5.92 Å². The molecule has 3 nitrogen and oxygen atoms in total. The van der Waals surface area contributed by atoms with Gasteiger partial charge < -0.3 is 5.11 Å². The normalized spacial score (nSPS) is 30.2. The first kappa shape index (κ1) is 12.9. The van der Waals surface area contributed by atoms with E-state index < -0.39 is 5.97 Å². The Morgan fingerprint density at radius 1 is 1.12 bits per heavy atom. The third-order valence-electron chi connectivity index (χ3n) is 4.44. The summed E-state index contributed by atoms with van der Waals surface area (Å²) in [5, 5.41) is 9.02. The maximum atomic E-state index is 10.9. The molecule has 2 aliphatic rings. The van der Waals surface area contributed by atoms with Gasteiger partial charge in [-0.05, 0) is 38.0 Å². The van der Waals surface area contributed by atoms with Gasteiger partial charge in [0.05, 0.1) is 6.54 Å². The molecule has 2 aliphatic carbocycles. The van der Waals surface area contributed by atoms with E-state index in [1.165, 1.54) is 51.4 Å². The molecule has 0 radical (unpaired) electrons. The number of hydrogen-bond acceptors (Lipinski definition) is 2. The van der Waals surface area contributed by atoms with Gasteiger partial charge in [-0.2, -0.15) is 0 Å². The highest BCUT2D eigenvalue weighted by Gasteiger charge is 2.35. The van der Waals surface area contributed by atoms with Gasteiger partial charge in [-0.1, -0.05) is 26.2 Å². The Balaban J connectivity index is 1.91. The molecule has 2 rings (SSSR count). The van der Waals surface area contributed by atoms with Gasteiger partial charge in [-0.25, -0.2) is 0 Å². The first-order chi connectivity index (χ1) is 8.20. The molecule has 2 atom stereocenters. The molecule has 0 aromatic rings. The zero-order valence-electron chi connectivity index (χ0n) is 10.9. The molecule has 0 spiro atoms. The Kier molecular flexibility index (Phi) is 4.43. The van der Waals surface area contributed by atoms with Crippen LogP contribution in [-0.4, -0.2) is 34.6 Å². The van der Waals surface area contributed by atoms with Gasteiger partial charge in [0, 0.05) is 12.1 Å². The fourth-order valence-electron chi connectivity index (χ4n) is 3.22. The van der Waals surface area contributed by atoms with Crippen LogP contribution in [0.15, 0.2) is 0 Å². The van der Waals surface area contributed by atoms with Crippen LogP contribution in [0.3, 0.4) is 0 Å². The maximum Gasteiger partial charge on any atom is 0.317 e. The second-order valence-corrected chi connectivity index (χ2v) is 5.73. The molecular formula is C14H25NO2. The molecule has 3 heteroatoms. The van der Waals surface area contributed by atoms with E-state index in [4.69, 9.17) is 5.11 Å². The van der Waals surface area contributed by atoms with Crippen LogP contribution in [0.4, 0.5) is 0 Å². The zero-order chi connectivity index (χ0) is 12.3. The molecule has 17 heavy (non-hydrogen) atoms. The molecule has 0 saturated heterocycles. The van der Waals surface area contributed by atoms with Crippen LogP contribution in [0.5, 0.6) is 0 Å². The first-order valence-corrected chi connectivity index (χ1v) is 7.18. The van der Waals surface area contributed by atoms with Gasteiger partial charge in [0.15, 0.2) is 0 Å². The summed E-state index contributed by atoms with van der Waals surface area (Å²) in [4.78, 5) is 13.2.